The highest BCUT2D eigenvalue weighted by molar-refractivity contribution is 7.89. The standard InChI is InChI=1S/C26H23FN8O3S/c1-2-20(32-23-18(14-31-26(28)34-23)15-11-17(13-30-12-15)39(29,37)38)24-33-21-10-6-9-19(27)22(21)25(36)35(24)16-7-4-3-5-8-16/h3-14,20H,2H2,1H3,(H2,29,37,38)(H3,28,31,32,34). The number of rotatable bonds is 7. The van der Waals surface area contributed by atoms with Crippen LogP contribution in [0.5, 0.6) is 0 Å². The zero-order valence-corrected chi connectivity index (χ0v) is 21.4. The molecule has 1 atom stereocenters. The minimum atomic E-state index is -4.02. The van der Waals surface area contributed by atoms with Gasteiger partial charge in [-0.15, -0.1) is 0 Å². The zero-order valence-electron chi connectivity index (χ0n) is 20.6. The molecular weight excluding hydrogens is 523 g/mol. The molecule has 0 saturated carbocycles. The van der Waals surface area contributed by atoms with Gasteiger partial charge in [-0.25, -0.2) is 27.9 Å². The SMILES string of the molecule is CCC(Nc1nc(N)ncc1-c1cncc(S(N)(=O)=O)c1)c1nc2cccc(F)c2c(=O)n1-c1ccccc1. The van der Waals surface area contributed by atoms with Crippen LogP contribution in [0, 0.1) is 5.82 Å². The molecular formula is C26H23FN8O3S. The van der Waals surface area contributed by atoms with Gasteiger partial charge in [0.25, 0.3) is 5.56 Å². The van der Waals surface area contributed by atoms with Gasteiger partial charge in [0, 0.05) is 29.7 Å². The summed E-state index contributed by atoms with van der Waals surface area (Å²) >= 11 is 0. The van der Waals surface area contributed by atoms with E-state index in [4.69, 9.17) is 10.9 Å². The van der Waals surface area contributed by atoms with Crippen molar-refractivity contribution in [1.29, 1.82) is 0 Å². The van der Waals surface area contributed by atoms with Gasteiger partial charge in [0.15, 0.2) is 0 Å². The van der Waals surface area contributed by atoms with E-state index in [0.29, 0.717) is 29.1 Å². The Morgan fingerprint density at radius 1 is 1.05 bits per heavy atom. The van der Waals surface area contributed by atoms with Crippen LogP contribution in [0.3, 0.4) is 0 Å². The van der Waals surface area contributed by atoms with Crippen LogP contribution in [-0.2, 0) is 10.0 Å². The van der Waals surface area contributed by atoms with Gasteiger partial charge in [0.05, 0.1) is 17.2 Å². The Morgan fingerprint density at radius 3 is 2.54 bits per heavy atom. The lowest BCUT2D eigenvalue weighted by atomic mass is 10.1. The summed E-state index contributed by atoms with van der Waals surface area (Å²) in [5.41, 5.74) is 6.79. The van der Waals surface area contributed by atoms with Crippen molar-refractivity contribution < 1.29 is 12.8 Å². The van der Waals surface area contributed by atoms with E-state index in [1.807, 2.05) is 6.92 Å². The Labute approximate surface area is 222 Å². The van der Waals surface area contributed by atoms with Crippen LogP contribution in [0.1, 0.15) is 25.2 Å². The fourth-order valence-electron chi connectivity index (χ4n) is 4.22. The first-order valence-electron chi connectivity index (χ1n) is 11.8. The Hall–Kier alpha value is -4.75. The quantitative estimate of drug-likeness (QED) is 0.277. The van der Waals surface area contributed by atoms with Crippen LogP contribution in [0.2, 0.25) is 0 Å². The molecule has 39 heavy (non-hydrogen) atoms. The van der Waals surface area contributed by atoms with Crippen LogP contribution in [0.4, 0.5) is 16.2 Å². The largest absolute Gasteiger partial charge is 0.368 e. The van der Waals surface area contributed by atoms with E-state index in [0.717, 1.165) is 6.20 Å². The molecule has 0 amide bonds. The number of nitrogens with zero attached hydrogens (tertiary/aromatic N) is 5. The number of sulfonamides is 1. The van der Waals surface area contributed by atoms with Crippen molar-refractivity contribution in [1.82, 2.24) is 24.5 Å². The molecule has 5 rings (SSSR count). The fraction of sp³-hybridized carbons (Fsp3) is 0.115. The molecule has 3 heterocycles. The molecule has 5 aromatic rings. The first-order chi connectivity index (χ1) is 18.7. The Bertz CT molecular complexity index is 1860. The number of pyridine rings is 1. The summed E-state index contributed by atoms with van der Waals surface area (Å²) in [5.74, 6) is -0.154. The molecule has 3 aromatic heterocycles. The van der Waals surface area contributed by atoms with Crippen molar-refractivity contribution in [3.63, 3.8) is 0 Å². The molecule has 0 radical (unpaired) electrons. The molecule has 0 bridgehead atoms. The van der Waals surface area contributed by atoms with Crippen LogP contribution in [-0.4, -0.2) is 32.9 Å². The monoisotopic (exact) mass is 546 g/mol. The van der Waals surface area contributed by atoms with E-state index in [1.54, 1.807) is 36.4 Å². The van der Waals surface area contributed by atoms with Crippen molar-refractivity contribution in [3.8, 4) is 16.8 Å². The fourth-order valence-corrected chi connectivity index (χ4v) is 4.72. The number of aromatic nitrogens is 5. The first-order valence-corrected chi connectivity index (χ1v) is 13.4. The second-order valence-corrected chi connectivity index (χ2v) is 10.2. The first kappa shape index (κ1) is 25.9. The number of primary sulfonamides is 1. The normalized spacial score (nSPS) is 12.4. The third-order valence-corrected chi connectivity index (χ3v) is 6.96. The van der Waals surface area contributed by atoms with Crippen molar-refractivity contribution in [2.24, 2.45) is 5.14 Å². The average molecular weight is 547 g/mol. The van der Waals surface area contributed by atoms with Crippen LogP contribution in [0.25, 0.3) is 27.7 Å². The van der Waals surface area contributed by atoms with Gasteiger partial charge in [-0.3, -0.25) is 14.3 Å². The average Bonchev–Trinajstić information content (AvgIpc) is 2.91. The van der Waals surface area contributed by atoms with E-state index in [2.05, 4.69) is 25.3 Å². The Kier molecular flexibility index (Phi) is 6.76. The molecule has 13 heteroatoms. The molecule has 0 spiro atoms. The molecule has 0 aliphatic rings. The topological polar surface area (TPSA) is 172 Å². The number of hydrogen-bond donors (Lipinski definition) is 3. The maximum absolute atomic E-state index is 14.7. The van der Waals surface area contributed by atoms with Crippen molar-refractivity contribution >= 4 is 32.7 Å². The third kappa shape index (κ3) is 5.04. The van der Waals surface area contributed by atoms with Gasteiger partial charge in [-0.2, -0.15) is 4.98 Å². The van der Waals surface area contributed by atoms with Gasteiger partial charge in [-0.05, 0) is 36.8 Å². The second-order valence-electron chi connectivity index (χ2n) is 8.63. The van der Waals surface area contributed by atoms with E-state index in [-0.39, 0.29) is 27.6 Å². The number of fused-ring (bicyclic) bond motifs is 1. The molecule has 5 N–H and O–H groups in total. The number of para-hydroxylation sites is 1. The van der Waals surface area contributed by atoms with Crippen molar-refractivity contribution in [3.05, 3.63) is 95.2 Å². The molecule has 0 aliphatic heterocycles. The predicted octanol–water partition coefficient (Wildman–Crippen LogP) is 3.17. The number of anilines is 2. The summed E-state index contributed by atoms with van der Waals surface area (Å²) in [5, 5.41) is 8.43. The highest BCUT2D eigenvalue weighted by Crippen LogP contribution is 2.31. The Morgan fingerprint density at radius 2 is 1.82 bits per heavy atom. The zero-order chi connectivity index (χ0) is 27.7. The summed E-state index contributed by atoms with van der Waals surface area (Å²) in [7, 11) is -4.02. The van der Waals surface area contributed by atoms with Crippen LogP contribution in [0.15, 0.2) is 82.9 Å². The maximum Gasteiger partial charge on any atom is 0.269 e. The lowest BCUT2D eigenvalue weighted by Crippen LogP contribution is -2.29. The minimum absolute atomic E-state index is 0.0411. The molecule has 0 saturated heterocycles. The number of nitrogens with two attached hydrogens (primary N) is 2. The summed E-state index contributed by atoms with van der Waals surface area (Å²) < 4.78 is 39.9. The summed E-state index contributed by atoms with van der Waals surface area (Å²) in [6, 6.07) is 13.8. The number of nitrogen functional groups attached to an aromatic ring is 1. The maximum atomic E-state index is 14.7. The highest BCUT2D eigenvalue weighted by atomic mass is 32.2. The summed E-state index contributed by atoms with van der Waals surface area (Å²) in [6.45, 7) is 1.88. The molecule has 0 aliphatic carbocycles. The Balaban J connectivity index is 1.69. The number of benzene rings is 2. The highest BCUT2D eigenvalue weighted by Gasteiger charge is 2.23. The minimum Gasteiger partial charge on any atom is -0.368 e. The predicted molar refractivity (Wildman–Crippen MR) is 145 cm³/mol. The van der Waals surface area contributed by atoms with Crippen LogP contribution >= 0.6 is 0 Å². The third-order valence-electron chi connectivity index (χ3n) is 6.08. The number of nitrogens with one attached hydrogen (secondary N) is 1. The van der Waals surface area contributed by atoms with Crippen LogP contribution < -0.4 is 21.7 Å². The van der Waals surface area contributed by atoms with Crippen molar-refractivity contribution in [2.75, 3.05) is 11.1 Å². The molecule has 2 aromatic carbocycles. The van der Waals surface area contributed by atoms with E-state index in [1.165, 1.54) is 35.2 Å². The van der Waals surface area contributed by atoms with Gasteiger partial charge in [0.2, 0.25) is 16.0 Å². The molecule has 198 valence electrons. The smallest absolute Gasteiger partial charge is 0.269 e. The lowest BCUT2D eigenvalue weighted by Gasteiger charge is -2.23. The second kappa shape index (κ2) is 10.2. The number of halogens is 1. The number of hydrogen-bond acceptors (Lipinski definition) is 9. The van der Waals surface area contributed by atoms with E-state index in [9.17, 15) is 17.6 Å². The summed E-state index contributed by atoms with van der Waals surface area (Å²) in [6.07, 6.45) is 4.43. The molecule has 11 nitrogen and oxygen atoms in total. The van der Waals surface area contributed by atoms with Gasteiger partial charge < -0.3 is 11.1 Å². The lowest BCUT2D eigenvalue weighted by molar-refractivity contribution is 0.597. The van der Waals surface area contributed by atoms with E-state index >= 15 is 0 Å². The summed E-state index contributed by atoms with van der Waals surface area (Å²) in [4.78, 5) is 30.5. The van der Waals surface area contributed by atoms with Gasteiger partial charge >= 0.3 is 0 Å². The van der Waals surface area contributed by atoms with Gasteiger partial charge in [-0.1, -0.05) is 31.2 Å². The molecule has 0 fully saturated rings. The van der Waals surface area contributed by atoms with E-state index < -0.39 is 27.4 Å². The van der Waals surface area contributed by atoms with Crippen molar-refractivity contribution in [2.45, 2.75) is 24.3 Å². The van der Waals surface area contributed by atoms with Gasteiger partial charge in [0.1, 0.15) is 27.7 Å². The molecule has 1 unspecified atom stereocenters.